The molecule has 3 nitrogen and oxygen atoms in total. The van der Waals surface area contributed by atoms with Crippen LogP contribution in [0.1, 0.15) is 18.4 Å². The highest BCUT2D eigenvalue weighted by atomic mass is 19.1. The predicted octanol–water partition coefficient (Wildman–Crippen LogP) is 1.61. The molecule has 1 aliphatic rings. The third kappa shape index (κ3) is 4.23. The smallest absolute Gasteiger partial charge is 0.135 e. The van der Waals surface area contributed by atoms with Gasteiger partial charge in [0.05, 0.1) is 12.1 Å². The summed E-state index contributed by atoms with van der Waals surface area (Å²) in [4.78, 5) is 2.37. The van der Waals surface area contributed by atoms with Crippen LogP contribution in [0.25, 0.3) is 0 Å². The molecular weight excluding hydrogens is 243 g/mol. The summed E-state index contributed by atoms with van der Waals surface area (Å²) in [6, 6.07) is 4.40. The lowest BCUT2D eigenvalue weighted by Gasteiger charge is -2.15. The first-order valence-corrected chi connectivity index (χ1v) is 6.63. The van der Waals surface area contributed by atoms with E-state index in [1.54, 1.807) is 6.07 Å². The second-order valence-electron chi connectivity index (χ2n) is 4.54. The Morgan fingerprint density at radius 3 is 2.84 bits per heavy atom. The van der Waals surface area contributed by atoms with Gasteiger partial charge in [0.1, 0.15) is 18.2 Å². The van der Waals surface area contributed by atoms with Gasteiger partial charge < -0.3 is 10.5 Å². The zero-order valence-corrected chi connectivity index (χ0v) is 11.0. The van der Waals surface area contributed by atoms with E-state index in [1.165, 1.54) is 25.0 Å². The van der Waals surface area contributed by atoms with Gasteiger partial charge in [0.25, 0.3) is 0 Å². The summed E-state index contributed by atoms with van der Waals surface area (Å²) >= 11 is 0. The Hall–Kier alpha value is -1.57. The van der Waals surface area contributed by atoms with Gasteiger partial charge in [-0.3, -0.25) is 4.90 Å². The number of benzene rings is 1. The van der Waals surface area contributed by atoms with Crippen molar-refractivity contribution in [3.05, 3.63) is 29.6 Å². The molecule has 19 heavy (non-hydrogen) atoms. The van der Waals surface area contributed by atoms with Crippen molar-refractivity contribution in [2.75, 3.05) is 32.8 Å². The number of hydrogen-bond donors (Lipinski definition) is 1. The fourth-order valence-electron chi connectivity index (χ4n) is 2.16. The molecule has 1 saturated heterocycles. The van der Waals surface area contributed by atoms with Crippen molar-refractivity contribution in [2.24, 2.45) is 5.73 Å². The van der Waals surface area contributed by atoms with Gasteiger partial charge in [0.2, 0.25) is 0 Å². The molecule has 0 aliphatic carbocycles. The van der Waals surface area contributed by atoms with Gasteiger partial charge in [-0.2, -0.15) is 0 Å². The molecule has 1 heterocycles. The van der Waals surface area contributed by atoms with Crippen LogP contribution in [0.15, 0.2) is 18.2 Å². The third-order valence-corrected chi connectivity index (χ3v) is 3.13. The van der Waals surface area contributed by atoms with Gasteiger partial charge >= 0.3 is 0 Å². The molecule has 0 amide bonds. The Bertz CT molecular complexity index is 473. The average molecular weight is 262 g/mol. The van der Waals surface area contributed by atoms with Gasteiger partial charge in [-0.1, -0.05) is 11.8 Å². The molecule has 102 valence electrons. The first-order chi connectivity index (χ1) is 9.29. The molecule has 0 saturated carbocycles. The lowest BCUT2D eigenvalue weighted by atomic mass is 10.2. The molecule has 0 atom stereocenters. The Labute approximate surface area is 113 Å². The summed E-state index contributed by atoms with van der Waals surface area (Å²) < 4.78 is 18.9. The highest BCUT2D eigenvalue weighted by Crippen LogP contribution is 2.19. The SMILES string of the molecule is NCC#Cc1cc(F)ccc1OCCN1CCCC1. The molecule has 2 rings (SSSR count). The molecule has 1 aromatic carbocycles. The number of nitrogens with zero attached hydrogens (tertiary/aromatic N) is 1. The number of ether oxygens (including phenoxy) is 1. The largest absolute Gasteiger partial charge is 0.491 e. The topological polar surface area (TPSA) is 38.5 Å². The van der Waals surface area contributed by atoms with E-state index in [2.05, 4.69) is 16.7 Å². The second-order valence-corrected chi connectivity index (χ2v) is 4.54. The van der Waals surface area contributed by atoms with Crippen LogP contribution in [0.5, 0.6) is 5.75 Å². The second kappa shape index (κ2) is 7.13. The van der Waals surface area contributed by atoms with Crippen molar-refractivity contribution in [3.63, 3.8) is 0 Å². The monoisotopic (exact) mass is 262 g/mol. The standard InChI is InChI=1S/C15H19FN2O/c16-14-5-6-15(13(12-14)4-3-7-17)19-11-10-18-8-1-2-9-18/h5-6,12H,1-2,7-11,17H2. The van der Waals surface area contributed by atoms with Crippen molar-refractivity contribution >= 4 is 0 Å². The first kappa shape index (κ1) is 13.9. The normalized spacial score (nSPS) is 15.1. The van der Waals surface area contributed by atoms with Crippen LogP contribution >= 0.6 is 0 Å². The molecule has 0 aromatic heterocycles. The summed E-state index contributed by atoms with van der Waals surface area (Å²) in [5.41, 5.74) is 5.89. The van der Waals surface area contributed by atoms with E-state index in [1.807, 2.05) is 0 Å². The van der Waals surface area contributed by atoms with E-state index in [0.29, 0.717) is 17.9 Å². The summed E-state index contributed by atoms with van der Waals surface area (Å²) in [6.07, 6.45) is 2.54. The van der Waals surface area contributed by atoms with Crippen molar-refractivity contribution in [1.82, 2.24) is 4.90 Å². The number of nitrogens with two attached hydrogens (primary N) is 1. The number of rotatable bonds is 4. The predicted molar refractivity (Wildman–Crippen MR) is 73.5 cm³/mol. The van der Waals surface area contributed by atoms with E-state index in [4.69, 9.17) is 10.5 Å². The maximum Gasteiger partial charge on any atom is 0.135 e. The van der Waals surface area contributed by atoms with Crippen LogP contribution in [0.2, 0.25) is 0 Å². The maximum atomic E-state index is 13.2. The van der Waals surface area contributed by atoms with Crippen LogP contribution in [-0.4, -0.2) is 37.7 Å². The summed E-state index contributed by atoms with van der Waals surface area (Å²) in [6.45, 7) is 4.05. The maximum absolute atomic E-state index is 13.2. The van der Waals surface area contributed by atoms with Crippen LogP contribution in [0, 0.1) is 17.7 Å². The van der Waals surface area contributed by atoms with E-state index in [9.17, 15) is 4.39 Å². The van der Waals surface area contributed by atoms with Crippen molar-refractivity contribution in [3.8, 4) is 17.6 Å². The zero-order chi connectivity index (χ0) is 13.5. The van der Waals surface area contributed by atoms with Gasteiger partial charge in [-0.15, -0.1) is 0 Å². The molecule has 1 aromatic rings. The lowest BCUT2D eigenvalue weighted by Crippen LogP contribution is -2.25. The highest BCUT2D eigenvalue weighted by Gasteiger charge is 2.11. The lowest BCUT2D eigenvalue weighted by molar-refractivity contribution is 0.237. The minimum absolute atomic E-state index is 0.254. The molecule has 1 aliphatic heterocycles. The van der Waals surface area contributed by atoms with Crippen molar-refractivity contribution in [2.45, 2.75) is 12.8 Å². The van der Waals surface area contributed by atoms with Crippen LogP contribution in [-0.2, 0) is 0 Å². The number of hydrogen-bond acceptors (Lipinski definition) is 3. The average Bonchev–Trinajstić information content (AvgIpc) is 2.91. The Morgan fingerprint density at radius 1 is 1.32 bits per heavy atom. The summed E-state index contributed by atoms with van der Waals surface area (Å²) in [5.74, 6) is 5.88. The minimum Gasteiger partial charge on any atom is -0.491 e. The quantitative estimate of drug-likeness (QED) is 0.838. The summed E-state index contributed by atoms with van der Waals surface area (Å²) in [5, 5.41) is 0. The third-order valence-electron chi connectivity index (χ3n) is 3.13. The highest BCUT2D eigenvalue weighted by molar-refractivity contribution is 5.46. The molecule has 1 fully saturated rings. The van der Waals surface area contributed by atoms with Crippen LogP contribution in [0.3, 0.4) is 0 Å². The molecule has 0 bridgehead atoms. The van der Waals surface area contributed by atoms with E-state index in [-0.39, 0.29) is 12.4 Å². The fourth-order valence-corrected chi connectivity index (χ4v) is 2.16. The van der Waals surface area contributed by atoms with E-state index < -0.39 is 0 Å². The molecule has 0 radical (unpaired) electrons. The Morgan fingerprint density at radius 2 is 2.11 bits per heavy atom. The van der Waals surface area contributed by atoms with Gasteiger partial charge in [-0.05, 0) is 44.1 Å². The minimum atomic E-state index is -0.312. The van der Waals surface area contributed by atoms with Gasteiger partial charge in [0.15, 0.2) is 0 Å². The first-order valence-electron chi connectivity index (χ1n) is 6.63. The summed E-state index contributed by atoms with van der Waals surface area (Å²) in [7, 11) is 0. The Kier molecular flexibility index (Phi) is 5.20. The molecule has 0 spiro atoms. The van der Waals surface area contributed by atoms with Crippen molar-refractivity contribution in [1.29, 1.82) is 0 Å². The van der Waals surface area contributed by atoms with Crippen LogP contribution in [0.4, 0.5) is 4.39 Å². The zero-order valence-electron chi connectivity index (χ0n) is 11.0. The molecule has 2 N–H and O–H groups in total. The fraction of sp³-hybridized carbons (Fsp3) is 0.467. The van der Waals surface area contributed by atoms with Gasteiger partial charge in [-0.25, -0.2) is 4.39 Å². The Balaban J connectivity index is 1.94. The van der Waals surface area contributed by atoms with Crippen molar-refractivity contribution < 1.29 is 9.13 Å². The number of halogens is 1. The van der Waals surface area contributed by atoms with E-state index in [0.717, 1.165) is 19.6 Å². The molecule has 0 unspecified atom stereocenters. The molecule has 4 heteroatoms. The van der Waals surface area contributed by atoms with Gasteiger partial charge in [0, 0.05) is 6.54 Å². The van der Waals surface area contributed by atoms with E-state index >= 15 is 0 Å². The number of likely N-dealkylation sites (tertiary alicyclic amines) is 1. The van der Waals surface area contributed by atoms with Crippen LogP contribution < -0.4 is 10.5 Å². The molecular formula is C15H19FN2O.